The van der Waals surface area contributed by atoms with Crippen LogP contribution in [0.15, 0.2) is 16.5 Å². The van der Waals surface area contributed by atoms with Crippen molar-refractivity contribution in [3.63, 3.8) is 0 Å². The number of hydrogen-bond donors (Lipinski definition) is 2. The third-order valence-electron chi connectivity index (χ3n) is 2.30. The summed E-state index contributed by atoms with van der Waals surface area (Å²) in [7, 11) is 0. The van der Waals surface area contributed by atoms with Crippen LogP contribution in [0.3, 0.4) is 0 Å². The Morgan fingerprint density at radius 3 is 2.76 bits per heavy atom. The number of nitriles is 1. The van der Waals surface area contributed by atoms with Crippen LogP contribution in [0.1, 0.15) is 31.8 Å². The van der Waals surface area contributed by atoms with Crippen molar-refractivity contribution in [3.05, 3.63) is 23.7 Å². The monoisotopic (exact) mass is 236 g/mol. The maximum Gasteiger partial charge on any atom is 0.320 e. The summed E-state index contributed by atoms with van der Waals surface area (Å²) in [6.45, 7) is 4.25. The van der Waals surface area contributed by atoms with Gasteiger partial charge in [0.2, 0.25) is 5.76 Å². The summed E-state index contributed by atoms with van der Waals surface area (Å²) in [6, 6.07) is 4.52. The Morgan fingerprint density at radius 2 is 2.29 bits per heavy atom. The zero-order valence-electron chi connectivity index (χ0n) is 9.93. The maximum atomic E-state index is 11.0. The molecule has 5 nitrogen and oxygen atoms in total. The molecule has 0 aliphatic heterocycles. The van der Waals surface area contributed by atoms with E-state index in [0.717, 1.165) is 0 Å². The molecule has 0 aliphatic carbocycles. The number of carbonyl (C=O) groups is 1. The molecule has 17 heavy (non-hydrogen) atoms. The number of hydrogen-bond acceptors (Lipinski definition) is 4. The van der Waals surface area contributed by atoms with E-state index in [1.807, 2.05) is 19.9 Å². The van der Waals surface area contributed by atoms with Crippen molar-refractivity contribution in [1.29, 1.82) is 5.26 Å². The Labute approximate surface area is 100 Å². The molecule has 1 rings (SSSR count). The number of nitrogens with zero attached hydrogens (tertiary/aromatic N) is 1. The molecular formula is C12H16N2O3. The highest BCUT2D eigenvalue weighted by Gasteiger charge is 2.18. The molecular weight excluding hydrogens is 220 g/mol. The van der Waals surface area contributed by atoms with Gasteiger partial charge < -0.3 is 9.52 Å². The third-order valence-corrected chi connectivity index (χ3v) is 2.30. The second kappa shape index (κ2) is 6.06. The second-order valence-electron chi connectivity index (χ2n) is 4.28. The highest BCUT2D eigenvalue weighted by Crippen LogP contribution is 2.09. The van der Waals surface area contributed by atoms with E-state index in [0.29, 0.717) is 24.6 Å². The summed E-state index contributed by atoms with van der Waals surface area (Å²) in [4.78, 5) is 11.0. The largest absolute Gasteiger partial charge is 0.480 e. The molecule has 2 N–H and O–H groups in total. The minimum absolute atomic E-state index is 0.234. The van der Waals surface area contributed by atoms with E-state index in [2.05, 4.69) is 5.32 Å². The SMILES string of the molecule is CC(C)CC(NCc1ccc(C#N)o1)C(=O)O. The molecule has 1 aromatic rings. The maximum absolute atomic E-state index is 11.0. The van der Waals surface area contributed by atoms with Gasteiger partial charge in [-0.15, -0.1) is 0 Å². The smallest absolute Gasteiger partial charge is 0.320 e. The van der Waals surface area contributed by atoms with Gasteiger partial charge in [0.15, 0.2) is 0 Å². The van der Waals surface area contributed by atoms with Crippen LogP contribution in [0.25, 0.3) is 0 Å². The highest BCUT2D eigenvalue weighted by atomic mass is 16.4. The van der Waals surface area contributed by atoms with E-state index in [4.69, 9.17) is 14.8 Å². The van der Waals surface area contributed by atoms with Gasteiger partial charge in [0, 0.05) is 0 Å². The summed E-state index contributed by atoms with van der Waals surface area (Å²) < 4.78 is 5.15. The van der Waals surface area contributed by atoms with Crippen LogP contribution >= 0.6 is 0 Å². The molecule has 1 heterocycles. The van der Waals surface area contributed by atoms with Gasteiger partial charge in [0.1, 0.15) is 17.9 Å². The van der Waals surface area contributed by atoms with E-state index >= 15 is 0 Å². The molecule has 0 amide bonds. The molecule has 0 aliphatic rings. The molecule has 1 aromatic heterocycles. The average Bonchev–Trinajstić information content (AvgIpc) is 2.71. The van der Waals surface area contributed by atoms with Gasteiger partial charge in [-0.25, -0.2) is 0 Å². The van der Waals surface area contributed by atoms with E-state index in [-0.39, 0.29) is 5.76 Å². The summed E-state index contributed by atoms with van der Waals surface area (Å²) in [6.07, 6.45) is 0.557. The Bertz CT molecular complexity index is 418. The number of carboxylic acids is 1. The standard InChI is InChI=1S/C12H16N2O3/c1-8(2)5-11(12(15)16)14-7-10-4-3-9(6-13)17-10/h3-4,8,11,14H,5,7H2,1-2H3,(H,15,16). The Kier molecular flexibility index (Phi) is 4.73. The summed E-state index contributed by atoms with van der Waals surface area (Å²) in [5.41, 5.74) is 0. The van der Waals surface area contributed by atoms with Crippen LogP contribution in [0.4, 0.5) is 0 Å². The zero-order chi connectivity index (χ0) is 12.8. The van der Waals surface area contributed by atoms with Crippen molar-refractivity contribution in [2.75, 3.05) is 0 Å². The lowest BCUT2D eigenvalue weighted by molar-refractivity contribution is -0.140. The molecule has 92 valence electrons. The number of nitrogens with one attached hydrogen (secondary N) is 1. The minimum Gasteiger partial charge on any atom is -0.480 e. The molecule has 0 bridgehead atoms. The van der Waals surface area contributed by atoms with Crippen LogP contribution in [-0.2, 0) is 11.3 Å². The van der Waals surface area contributed by atoms with Crippen molar-refractivity contribution < 1.29 is 14.3 Å². The van der Waals surface area contributed by atoms with Crippen LogP contribution in [-0.4, -0.2) is 17.1 Å². The Balaban J connectivity index is 2.52. The quantitative estimate of drug-likeness (QED) is 0.785. The number of aliphatic carboxylic acids is 1. The lowest BCUT2D eigenvalue weighted by Crippen LogP contribution is -2.37. The Morgan fingerprint density at radius 1 is 1.59 bits per heavy atom. The molecule has 0 saturated heterocycles. The van der Waals surface area contributed by atoms with E-state index in [1.165, 1.54) is 0 Å². The van der Waals surface area contributed by atoms with E-state index in [9.17, 15) is 4.79 Å². The molecule has 0 saturated carbocycles. The number of rotatable bonds is 6. The van der Waals surface area contributed by atoms with Crippen molar-refractivity contribution >= 4 is 5.97 Å². The molecule has 0 aromatic carbocycles. The van der Waals surface area contributed by atoms with Crippen molar-refractivity contribution in [3.8, 4) is 6.07 Å². The molecule has 1 unspecified atom stereocenters. The first-order valence-corrected chi connectivity index (χ1v) is 5.48. The van der Waals surface area contributed by atoms with Gasteiger partial charge in [0.25, 0.3) is 0 Å². The normalized spacial score (nSPS) is 12.4. The van der Waals surface area contributed by atoms with Crippen molar-refractivity contribution in [1.82, 2.24) is 5.32 Å². The molecule has 1 atom stereocenters. The summed E-state index contributed by atoms with van der Waals surface area (Å²) in [5.74, 6) is 0.231. The first kappa shape index (κ1) is 13.3. The number of furan rings is 1. The topological polar surface area (TPSA) is 86.3 Å². The molecule has 0 radical (unpaired) electrons. The highest BCUT2D eigenvalue weighted by molar-refractivity contribution is 5.73. The van der Waals surface area contributed by atoms with Gasteiger partial charge in [0.05, 0.1) is 6.54 Å². The minimum atomic E-state index is -0.870. The predicted octanol–water partition coefficient (Wildman–Crippen LogP) is 1.74. The molecule has 0 spiro atoms. The lowest BCUT2D eigenvalue weighted by Gasteiger charge is -2.15. The lowest BCUT2D eigenvalue weighted by atomic mass is 10.0. The Hall–Kier alpha value is -1.80. The second-order valence-corrected chi connectivity index (χ2v) is 4.28. The van der Waals surface area contributed by atoms with Crippen LogP contribution < -0.4 is 5.32 Å². The van der Waals surface area contributed by atoms with Crippen LogP contribution in [0, 0.1) is 17.2 Å². The van der Waals surface area contributed by atoms with E-state index in [1.54, 1.807) is 12.1 Å². The predicted molar refractivity (Wildman–Crippen MR) is 61.1 cm³/mol. The fraction of sp³-hybridized carbons (Fsp3) is 0.500. The van der Waals surface area contributed by atoms with Crippen molar-refractivity contribution in [2.45, 2.75) is 32.9 Å². The van der Waals surface area contributed by atoms with Gasteiger partial charge in [-0.1, -0.05) is 13.8 Å². The average molecular weight is 236 g/mol. The first-order chi connectivity index (χ1) is 8.02. The van der Waals surface area contributed by atoms with E-state index < -0.39 is 12.0 Å². The van der Waals surface area contributed by atoms with Crippen molar-refractivity contribution in [2.24, 2.45) is 5.92 Å². The fourth-order valence-corrected chi connectivity index (χ4v) is 1.50. The first-order valence-electron chi connectivity index (χ1n) is 5.48. The van der Waals surface area contributed by atoms with Gasteiger partial charge in [-0.3, -0.25) is 10.1 Å². The third kappa shape index (κ3) is 4.29. The van der Waals surface area contributed by atoms with Gasteiger partial charge in [-0.05, 0) is 24.5 Å². The van der Waals surface area contributed by atoms with Gasteiger partial charge >= 0.3 is 5.97 Å². The van der Waals surface area contributed by atoms with Crippen LogP contribution in [0.2, 0.25) is 0 Å². The zero-order valence-corrected chi connectivity index (χ0v) is 9.93. The summed E-state index contributed by atoms with van der Waals surface area (Å²) >= 11 is 0. The van der Waals surface area contributed by atoms with Gasteiger partial charge in [-0.2, -0.15) is 5.26 Å². The molecule has 0 fully saturated rings. The van der Waals surface area contributed by atoms with Crippen LogP contribution in [0.5, 0.6) is 0 Å². The molecule has 5 heteroatoms. The fourth-order valence-electron chi connectivity index (χ4n) is 1.50. The number of carboxylic acid groups (broad SMARTS) is 1. The summed E-state index contributed by atoms with van der Waals surface area (Å²) in [5, 5.41) is 20.5.